The summed E-state index contributed by atoms with van der Waals surface area (Å²) in [6.07, 6.45) is 4.49. The summed E-state index contributed by atoms with van der Waals surface area (Å²) >= 11 is 2.04. The molecular weight excluding hydrogens is 222 g/mol. The summed E-state index contributed by atoms with van der Waals surface area (Å²) in [5.74, 6) is 1.03. The molecule has 16 heavy (non-hydrogen) atoms. The lowest BCUT2D eigenvalue weighted by Gasteiger charge is -2.22. The van der Waals surface area contributed by atoms with Crippen molar-refractivity contribution >= 4 is 17.7 Å². The lowest BCUT2D eigenvalue weighted by atomic mass is 10.1. The van der Waals surface area contributed by atoms with Crippen molar-refractivity contribution in [2.75, 3.05) is 26.0 Å². The number of rotatable bonds is 5. The van der Waals surface area contributed by atoms with E-state index in [1.165, 1.54) is 25.7 Å². The summed E-state index contributed by atoms with van der Waals surface area (Å²) < 4.78 is 5.01. The molecule has 1 fully saturated rings. The third kappa shape index (κ3) is 4.18. The highest BCUT2D eigenvalue weighted by molar-refractivity contribution is 8.00. The van der Waals surface area contributed by atoms with Crippen LogP contribution < -0.4 is 5.32 Å². The molecule has 3 nitrogen and oxygen atoms in total. The molecule has 1 aliphatic rings. The second kappa shape index (κ2) is 6.30. The predicted molar refractivity (Wildman–Crippen MR) is 68.7 cm³/mol. The van der Waals surface area contributed by atoms with Crippen LogP contribution in [0.4, 0.5) is 0 Å². The predicted octanol–water partition coefficient (Wildman–Crippen LogP) is 1.98. The summed E-state index contributed by atoms with van der Waals surface area (Å²) in [6.45, 7) is 5.81. The number of carbonyl (C=O) groups is 1. The zero-order valence-electron chi connectivity index (χ0n) is 10.3. The van der Waals surface area contributed by atoms with Crippen LogP contribution in [0.5, 0.6) is 0 Å². The Kier molecular flexibility index (Phi) is 5.35. The number of hydrogen-bond donors (Lipinski definition) is 1. The highest BCUT2D eigenvalue weighted by atomic mass is 32.2. The van der Waals surface area contributed by atoms with E-state index in [0.717, 1.165) is 13.1 Å². The lowest BCUT2D eigenvalue weighted by molar-refractivity contribution is -0.136. The summed E-state index contributed by atoms with van der Waals surface area (Å²) in [5, 5.41) is 3.37. The van der Waals surface area contributed by atoms with Crippen molar-refractivity contribution in [2.24, 2.45) is 0 Å². The van der Waals surface area contributed by atoms with E-state index in [9.17, 15) is 4.79 Å². The Labute approximate surface area is 102 Å². The molecule has 92 valence electrons. The van der Waals surface area contributed by atoms with E-state index in [1.54, 1.807) is 6.92 Å². The number of methoxy groups -OCH3 is 1. The van der Waals surface area contributed by atoms with Crippen LogP contribution in [0.15, 0.2) is 11.6 Å². The van der Waals surface area contributed by atoms with Crippen LogP contribution in [0.3, 0.4) is 0 Å². The van der Waals surface area contributed by atoms with E-state index in [4.69, 9.17) is 0 Å². The number of nitrogens with one attached hydrogen (secondary N) is 1. The lowest BCUT2D eigenvalue weighted by Crippen LogP contribution is -2.33. The Hall–Kier alpha value is -0.480. The Bertz CT molecular complexity index is 270. The van der Waals surface area contributed by atoms with Crippen LogP contribution in [-0.4, -0.2) is 36.7 Å². The van der Waals surface area contributed by atoms with E-state index in [-0.39, 0.29) is 5.97 Å². The molecule has 0 aromatic carbocycles. The van der Waals surface area contributed by atoms with Crippen LogP contribution in [0.25, 0.3) is 0 Å². The SMILES string of the molecule is COC(=O)C(C)=CCNCC1(C)CCCS1. The molecule has 0 saturated carbocycles. The van der Waals surface area contributed by atoms with Crippen LogP contribution >= 0.6 is 11.8 Å². The van der Waals surface area contributed by atoms with E-state index >= 15 is 0 Å². The van der Waals surface area contributed by atoms with Crippen LogP contribution in [0.2, 0.25) is 0 Å². The highest BCUT2D eigenvalue weighted by Crippen LogP contribution is 2.36. The topological polar surface area (TPSA) is 38.3 Å². The zero-order chi connectivity index (χ0) is 12.0. The fraction of sp³-hybridized carbons (Fsp3) is 0.750. The van der Waals surface area contributed by atoms with Crippen molar-refractivity contribution in [1.29, 1.82) is 0 Å². The van der Waals surface area contributed by atoms with Gasteiger partial charge in [0.1, 0.15) is 0 Å². The second-order valence-electron chi connectivity index (χ2n) is 4.41. The van der Waals surface area contributed by atoms with Crippen LogP contribution in [0.1, 0.15) is 26.7 Å². The smallest absolute Gasteiger partial charge is 0.333 e. The van der Waals surface area contributed by atoms with E-state index in [1.807, 2.05) is 17.8 Å². The van der Waals surface area contributed by atoms with Gasteiger partial charge < -0.3 is 10.1 Å². The average molecular weight is 243 g/mol. The van der Waals surface area contributed by atoms with Gasteiger partial charge in [-0.2, -0.15) is 11.8 Å². The molecule has 1 saturated heterocycles. The largest absolute Gasteiger partial charge is 0.466 e. The Morgan fingerprint density at radius 3 is 2.94 bits per heavy atom. The minimum Gasteiger partial charge on any atom is -0.466 e. The van der Waals surface area contributed by atoms with Crippen molar-refractivity contribution in [1.82, 2.24) is 5.32 Å². The summed E-state index contributed by atoms with van der Waals surface area (Å²) in [4.78, 5) is 11.1. The van der Waals surface area contributed by atoms with Gasteiger partial charge in [-0.3, -0.25) is 0 Å². The second-order valence-corrected chi connectivity index (χ2v) is 6.09. The summed E-state index contributed by atoms with van der Waals surface area (Å²) in [7, 11) is 1.41. The minimum absolute atomic E-state index is 0.247. The first-order valence-corrected chi connectivity index (χ1v) is 6.66. The number of hydrogen-bond acceptors (Lipinski definition) is 4. The molecule has 0 amide bonds. The normalized spacial score (nSPS) is 25.8. The molecule has 0 aromatic rings. The number of carbonyl (C=O) groups excluding carboxylic acids is 1. The molecule has 0 radical (unpaired) electrons. The summed E-state index contributed by atoms with van der Waals surface area (Å²) in [6, 6.07) is 0. The van der Waals surface area contributed by atoms with Gasteiger partial charge in [-0.15, -0.1) is 0 Å². The first-order chi connectivity index (χ1) is 7.57. The average Bonchev–Trinajstić information content (AvgIpc) is 2.70. The van der Waals surface area contributed by atoms with Gasteiger partial charge in [0.25, 0.3) is 0 Å². The molecule has 0 aliphatic carbocycles. The maximum atomic E-state index is 11.1. The van der Waals surface area contributed by atoms with Crippen LogP contribution in [0, 0.1) is 0 Å². The van der Waals surface area contributed by atoms with E-state index in [2.05, 4.69) is 17.0 Å². The van der Waals surface area contributed by atoms with Gasteiger partial charge in [-0.05, 0) is 32.4 Å². The molecular formula is C12H21NO2S. The fourth-order valence-corrected chi connectivity index (χ4v) is 3.06. The minimum atomic E-state index is -0.247. The Morgan fingerprint density at radius 2 is 2.38 bits per heavy atom. The fourth-order valence-electron chi connectivity index (χ4n) is 1.78. The molecule has 1 atom stereocenters. The number of thioether (sulfide) groups is 1. The molecule has 1 aliphatic heterocycles. The maximum absolute atomic E-state index is 11.1. The first kappa shape index (κ1) is 13.6. The van der Waals surface area contributed by atoms with Gasteiger partial charge in [-0.1, -0.05) is 6.08 Å². The summed E-state index contributed by atoms with van der Waals surface area (Å²) in [5.41, 5.74) is 0.666. The monoisotopic (exact) mass is 243 g/mol. The third-order valence-corrected chi connectivity index (χ3v) is 4.40. The van der Waals surface area contributed by atoms with E-state index in [0.29, 0.717) is 10.3 Å². The molecule has 0 aromatic heterocycles. The van der Waals surface area contributed by atoms with Gasteiger partial charge in [0.2, 0.25) is 0 Å². The Morgan fingerprint density at radius 1 is 1.62 bits per heavy atom. The Balaban J connectivity index is 2.23. The molecule has 1 N–H and O–H groups in total. The van der Waals surface area contributed by atoms with Gasteiger partial charge >= 0.3 is 5.97 Å². The third-order valence-electron chi connectivity index (χ3n) is 2.86. The van der Waals surface area contributed by atoms with Crippen molar-refractivity contribution in [2.45, 2.75) is 31.4 Å². The van der Waals surface area contributed by atoms with Gasteiger partial charge in [0.05, 0.1) is 7.11 Å². The van der Waals surface area contributed by atoms with Crippen molar-refractivity contribution in [3.8, 4) is 0 Å². The molecule has 0 bridgehead atoms. The van der Waals surface area contributed by atoms with Crippen molar-refractivity contribution < 1.29 is 9.53 Å². The first-order valence-electron chi connectivity index (χ1n) is 5.67. The van der Waals surface area contributed by atoms with Crippen molar-refractivity contribution in [3.05, 3.63) is 11.6 Å². The number of esters is 1. The molecule has 0 spiro atoms. The van der Waals surface area contributed by atoms with E-state index < -0.39 is 0 Å². The van der Waals surface area contributed by atoms with Crippen molar-refractivity contribution in [3.63, 3.8) is 0 Å². The quantitative estimate of drug-likeness (QED) is 0.455. The zero-order valence-corrected chi connectivity index (χ0v) is 11.2. The van der Waals surface area contributed by atoms with Crippen LogP contribution in [-0.2, 0) is 9.53 Å². The molecule has 1 unspecified atom stereocenters. The highest BCUT2D eigenvalue weighted by Gasteiger charge is 2.28. The molecule has 4 heteroatoms. The number of ether oxygens (including phenoxy) is 1. The standard InChI is InChI=1S/C12H21NO2S/c1-10(11(14)15-3)5-7-13-9-12(2)6-4-8-16-12/h5,13H,4,6-9H2,1-3H3. The maximum Gasteiger partial charge on any atom is 0.333 e. The van der Waals surface area contributed by atoms with Gasteiger partial charge in [0.15, 0.2) is 0 Å². The molecule has 1 heterocycles. The molecule has 1 rings (SSSR count). The van der Waals surface area contributed by atoms with Gasteiger partial charge in [-0.25, -0.2) is 4.79 Å². The van der Waals surface area contributed by atoms with Gasteiger partial charge in [0, 0.05) is 23.4 Å².